The number of nitrogens with two attached hydrogens (primary N) is 1. The van der Waals surface area contributed by atoms with E-state index in [1.54, 1.807) is 4.68 Å². The SMILES string of the molecule is COc1nc2c(c(N3CCCn4nc(C(=O)N5CC(F)C5)c(Cl)c4C3)n1)COC(c1c(C(F)(F)F)ccc(N)c1F)C2. The molecule has 3 aliphatic rings. The van der Waals surface area contributed by atoms with Crippen molar-refractivity contribution in [3.8, 4) is 6.01 Å². The molecule has 6 rings (SSSR count). The molecule has 1 atom stereocenters. The number of likely N-dealkylation sites (tertiary alicyclic amines) is 1. The Kier molecular flexibility index (Phi) is 7.12. The van der Waals surface area contributed by atoms with E-state index >= 15 is 4.39 Å². The van der Waals surface area contributed by atoms with Gasteiger partial charge in [0.2, 0.25) is 0 Å². The number of benzene rings is 1. The van der Waals surface area contributed by atoms with E-state index in [0.717, 1.165) is 12.1 Å². The van der Waals surface area contributed by atoms with Crippen molar-refractivity contribution in [2.24, 2.45) is 0 Å². The zero-order valence-electron chi connectivity index (χ0n) is 22.2. The van der Waals surface area contributed by atoms with Crippen LogP contribution in [0.2, 0.25) is 5.02 Å². The lowest BCUT2D eigenvalue weighted by Crippen LogP contribution is -2.51. The van der Waals surface area contributed by atoms with Crippen molar-refractivity contribution in [3.05, 3.63) is 56.7 Å². The van der Waals surface area contributed by atoms with Crippen molar-refractivity contribution in [1.82, 2.24) is 24.6 Å². The van der Waals surface area contributed by atoms with Crippen LogP contribution >= 0.6 is 11.6 Å². The van der Waals surface area contributed by atoms with Gasteiger partial charge in [0.15, 0.2) is 11.5 Å². The third-order valence-corrected chi connectivity index (χ3v) is 8.03. The molecule has 3 aromatic rings. The van der Waals surface area contributed by atoms with Crippen LogP contribution < -0.4 is 15.4 Å². The number of hydrogen-bond acceptors (Lipinski definition) is 8. The van der Waals surface area contributed by atoms with Gasteiger partial charge in [-0.15, -0.1) is 0 Å². The number of nitrogen functional groups attached to an aromatic ring is 1. The second-order valence-corrected chi connectivity index (χ2v) is 10.7. The summed E-state index contributed by atoms with van der Waals surface area (Å²) in [4.78, 5) is 24.9. The molecule has 2 N–H and O–H groups in total. The van der Waals surface area contributed by atoms with Crippen LogP contribution in [0.15, 0.2) is 12.1 Å². The largest absolute Gasteiger partial charge is 0.467 e. The van der Waals surface area contributed by atoms with Gasteiger partial charge in [0, 0.05) is 30.6 Å². The van der Waals surface area contributed by atoms with Gasteiger partial charge >= 0.3 is 12.2 Å². The predicted octanol–water partition coefficient (Wildman–Crippen LogP) is 4.09. The number of carbonyl (C=O) groups is 1. The van der Waals surface area contributed by atoms with Gasteiger partial charge in [-0.1, -0.05) is 11.6 Å². The number of carbonyl (C=O) groups excluding carboxylic acids is 1. The molecule has 1 amide bonds. The minimum absolute atomic E-state index is 0.0126. The minimum Gasteiger partial charge on any atom is -0.467 e. The number of rotatable bonds is 4. The van der Waals surface area contributed by atoms with Crippen LogP contribution in [-0.2, 0) is 37.0 Å². The number of aryl methyl sites for hydroxylation is 1. The Morgan fingerprint density at radius 3 is 2.67 bits per heavy atom. The number of methoxy groups -OCH3 is 1. The Balaban J connectivity index is 1.34. The molecular formula is C26H25ClF5N7O3. The summed E-state index contributed by atoms with van der Waals surface area (Å²) in [5.74, 6) is -1.24. The number of ether oxygens (including phenoxy) is 2. The number of aromatic nitrogens is 4. The maximum Gasteiger partial charge on any atom is 0.416 e. The molecule has 1 unspecified atom stereocenters. The average molecular weight is 614 g/mol. The van der Waals surface area contributed by atoms with E-state index in [4.69, 9.17) is 26.8 Å². The molecule has 2 aromatic heterocycles. The smallest absolute Gasteiger partial charge is 0.416 e. The van der Waals surface area contributed by atoms with Crippen molar-refractivity contribution < 1.29 is 36.2 Å². The Morgan fingerprint density at radius 2 is 1.98 bits per heavy atom. The molecule has 42 heavy (non-hydrogen) atoms. The van der Waals surface area contributed by atoms with Gasteiger partial charge in [-0.25, -0.2) is 8.78 Å². The van der Waals surface area contributed by atoms with Crippen molar-refractivity contribution in [3.63, 3.8) is 0 Å². The minimum atomic E-state index is -4.83. The summed E-state index contributed by atoms with van der Waals surface area (Å²) in [7, 11) is 1.35. The maximum absolute atomic E-state index is 15.0. The highest BCUT2D eigenvalue weighted by Crippen LogP contribution is 2.43. The highest BCUT2D eigenvalue weighted by Gasteiger charge is 2.40. The van der Waals surface area contributed by atoms with Gasteiger partial charge in [-0.2, -0.15) is 28.2 Å². The first-order valence-corrected chi connectivity index (χ1v) is 13.5. The molecule has 5 heterocycles. The third kappa shape index (κ3) is 4.87. The summed E-state index contributed by atoms with van der Waals surface area (Å²) >= 11 is 6.62. The number of hydrogen-bond donors (Lipinski definition) is 1. The highest BCUT2D eigenvalue weighted by molar-refractivity contribution is 6.34. The lowest BCUT2D eigenvalue weighted by atomic mass is 9.94. The number of alkyl halides is 4. The fourth-order valence-electron chi connectivity index (χ4n) is 5.48. The van der Waals surface area contributed by atoms with Crippen molar-refractivity contribution in [2.75, 3.05) is 37.4 Å². The fourth-order valence-corrected chi connectivity index (χ4v) is 5.76. The Morgan fingerprint density at radius 1 is 1.21 bits per heavy atom. The number of nitrogens with zero attached hydrogens (tertiary/aromatic N) is 6. The van der Waals surface area contributed by atoms with E-state index < -0.39 is 47.0 Å². The van der Waals surface area contributed by atoms with E-state index in [9.17, 15) is 22.4 Å². The first-order chi connectivity index (χ1) is 20.0. The topological polar surface area (TPSA) is 112 Å². The molecule has 1 aromatic carbocycles. The van der Waals surface area contributed by atoms with Gasteiger partial charge in [0.1, 0.15) is 12.0 Å². The van der Waals surface area contributed by atoms with Crippen LogP contribution in [0.3, 0.4) is 0 Å². The van der Waals surface area contributed by atoms with Crippen molar-refractivity contribution in [2.45, 2.75) is 51.0 Å². The van der Waals surface area contributed by atoms with Gasteiger partial charge < -0.3 is 25.0 Å². The molecule has 0 bridgehead atoms. The second kappa shape index (κ2) is 10.5. The van der Waals surface area contributed by atoms with E-state index in [2.05, 4.69) is 15.1 Å². The average Bonchev–Trinajstić information content (AvgIpc) is 3.10. The summed E-state index contributed by atoms with van der Waals surface area (Å²) in [5, 5.41) is 4.55. The molecule has 1 fully saturated rings. The van der Waals surface area contributed by atoms with Gasteiger partial charge in [-0.3, -0.25) is 9.48 Å². The second-order valence-electron chi connectivity index (χ2n) is 10.3. The van der Waals surface area contributed by atoms with Crippen LogP contribution in [0.4, 0.5) is 33.5 Å². The van der Waals surface area contributed by atoms with E-state index in [0.29, 0.717) is 42.3 Å². The van der Waals surface area contributed by atoms with Crippen LogP contribution in [0.1, 0.15) is 51.1 Å². The van der Waals surface area contributed by atoms with Crippen molar-refractivity contribution >= 4 is 29.0 Å². The quantitative estimate of drug-likeness (QED) is 0.346. The van der Waals surface area contributed by atoms with Crippen LogP contribution in [0, 0.1) is 5.82 Å². The fraction of sp³-hybridized carbons (Fsp3) is 0.462. The van der Waals surface area contributed by atoms with Gasteiger partial charge in [0.25, 0.3) is 5.91 Å². The van der Waals surface area contributed by atoms with Crippen LogP contribution in [0.5, 0.6) is 6.01 Å². The first kappa shape index (κ1) is 28.4. The summed E-state index contributed by atoms with van der Waals surface area (Å²) in [6, 6.07) is 1.57. The molecule has 0 saturated carbocycles. The molecule has 3 aliphatic heterocycles. The molecule has 16 heteroatoms. The summed E-state index contributed by atoms with van der Waals surface area (Å²) in [5.41, 5.74) is 4.75. The number of anilines is 2. The highest BCUT2D eigenvalue weighted by atomic mass is 35.5. The molecular weight excluding hydrogens is 589 g/mol. The Bertz CT molecular complexity index is 1560. The van der Waals surface area contributed by atoms with Gasteiger partial charge in [-0.05, 0) is 18.6 Å². The lowest BCUT2D eigenvalue weighted by molar-refractivity contribution is -0.140. The molecule has 0 spiro atoms. The number of amides is 1. The normalized spacial score (nSPS) is 19.2. The monoisotopic (exact) mass is 613 g/mol. The van der Waals surface area contributed by atoms with Crippen molar-refractivity contribution in [1.29, 1.82) is 0 Å². The third-order valence-electron chi connectivity index (χ3n) is 7.64. The number of halogens is 6. The summed E-state index contributed by atoms with van der Waals surface area (Å²) < 4.78 is 82.5. The van der Waals surface area contributed by atoms with E-state index in [1.807, 2.05) is 4.90 Å². The molecule has 224 valence electrons. The molecule has 10 nitrogen and oxygen atoms in total. The van der Waals surface area contributed by atoms with Crippen LogP contribution in [-0.4, -0.2) is 63.5 Å². The van der Waals surface area contributed by atoms with Gasteiger partial charge in [0.05, 0.1) is 67.1 Å². The zero-order chi connectivity index (χ0) is 29.9. The van der Waals surface area contributed by atoms with E-state index in [-0.39, 0.29) is 49.4 Å². The maximum atomic E-state index is 15.0. The Labute approximate surface area is 241 Å². The predicted molar refractivity (Wildman–Crippen MR) is 139 cm³/mol. The molecule has 0 radical (unpaired) electrons. The first-order valence-electron chi connectivity index (χ1n) is 13.1. The van der Waals surface area contributed by atoms with Crippen LogP contribution in [0.25, 0.3) is 0 Å². The zero-order valence-corrected chi connectivity index (χ0v) is 23.0. The number of fused-ring (bicyclic) bond motifs is 2. The summed E-state index contributed by atoms with van der Waals surface area (Å²) in [6.45, 7) is 0.877. The standard InChI is InChI=1S/C26H25ClF5N7O3/c1-41-25-34-16-7-18(19-14(26(30,31)32)3-4-15(33)21(19)29)42-11-13(16)23(35-25)37-5-2-6-39-17(10-37)20(27)22(36-39)24(40)38-8-12(28)9-38/h3-4,12,18H,2,5-11,33H2,1H3. The lowest BCUT2D eigenvalue weighted by Gasteiger charge is -2.33. The molecule has 1 saturated heterocycles. The summed E-state index contributed by atoms with van der Waals surface area (Å²) in [6.07, 6.45) is -6.83. The van der Waals surface area contributed by atoms with E-state index in [1.165, 1.54) is 12.0 Å². The Hall–Kier alpha value is -3.72. The molecule has 0 aliphatic carbocycles.